The maximum Gasteiger partial charge on any atom is 0.239 e. The van der Waals surface area contributed by atoms with Crippen molar-refractivity contribution in [3.63, 3.8) is 0 Å². The third-order valence-corrected chi connectivity index (χ3v) is 4.21. The van der Waals surface area contributed by atoms with E-state index in [9.17, 15) is 0 Å². The molecule has 1 unspecified atom stereocenters. The molecule has 1 aliphatic heterocycles. The van der Waals surface area contributed by atoms with Crippen LogP contribution in [0.3, 0.4) is 0 Å². The standard InChI is InChI=1S/C15H22N6/c1-11-10-20(12(2)14-17-15(16)19-18-14)8-9-21(11)13-6-4-3-5-7-13/h3-7,11-12H,8-10H2,1-2H3,(H3,16,17,18,19)/t11-,12?/m1/s1. The number of aromatic nitrogens is 3. The summed E-state index contributed by atoms with van der Waals surface area (Å²) in [5.41, 5.74) is 6.88. The van der Waals surface area contributed by atoms with Gasteiger partial charge in [0.1, 0.15) is 5.82 Å². The van der Waals surface area contributed by atoms with E-state index in [1.165, 1.54) is 5.69 Å². The van der Waals surface area contributed by atoms with Crippen LogP contribution in [-0.4, -0.2) is 45.8 Å². The minimum atomic E-state index is 0.204. The van der Waals surface area contributed by atoms with E-state index in [1.54, 1.807) is 0 Å². The summed E-state index contributed by atoms with van der Waals surface area (Å²) in [6.45, 7) is 7.42. The van der Waals surface area contributed by atoms with Crippen molar-refractivity contribution < 1.29 is 0 Å². The van der Waals surface area contributed by atoms with Crippen LogP contribution in [0.5, 0.6) is 0 Å². The van der Waals surface area contributed by atoms with Crippen molar-refractivity contribution in [2.75, 3.05) is 30.3 Å². The average Bonchev–Trinajstić information content (AvgIpc) is 2.94. The lowest BCUT2D eigenvalue weighted by molar-refractivity contribution is 0.170. The number of anilines is 2. The van der Waals surface area contributed by atoms with E-state index in [4.69, 9.17) is 5.73 Å². The van der Waals surface area contributed by atoms with Crippen LogP contribution in [0.1, 0.15) is 25.7 Å². The number of rotatable bonds is 3. The van der Waals surface area contributed by atoms with Crippen LogP contribution >= 0.6 is 0 Å². The van der Waals surface area contributed by atoms with Crippen molar-refractivity contribution in [3.05, 3.63) is 36.2 Å². The average molecular weight is 286 g/mol. The van der Waals surface area contributed by atoms with Crippen molar-refractivity contribution in [1.82, 2.24) is 20.1 Å². The Morgan fingerprint density at radius 3 is 2.67 bits per heavy atom. The molecular formula is C15H22N6. The van der Waals surface area contributed by atoms with Crippen LogP contribution in [0.2, 0.25) is 0 Å². The summed E-state index contributed by atoms with van der Waals surface area (Å²) in [4.78, 5) is 9.12. The number of nitrogens with zero attached hydrogens (tertiary/aromatic N) is 4. The number of piperazine rings is 1. The van der Waals surface area contributed by atoms with Gasteiger partial charge in [-0.2, -0.15) is 4.98 Å². The van der Waals surface area contributed by atoms with E-state index in [1.807, 2.05) is 0 Å². The molecule has 6 heteroatoms. The van der Waals surface area contributed by atoms with Gasteiger partial charge in [-0.25, -0.2) is 0 Å². The number of nitrogens with two attached hydrogens (primary N) is 1. The fourth-order valence-electron chi connectivity index (χ4n) is 2.99. The normalized spacial score (nSPS) is 21.4. The van der Waals surface area contributed by atoms with Gasteiger partial charge in [-0.05, 0) is 26.0 Å². The number of nitrogen functional groups attached to an aromatic ring is 1. The van der Waals surface area contributed by atoms with Gasteiger partial charge in [0.2, 0.25) is 5.95 Å². The summed E-state index contributed by atoms with van der Waals surface area (Å²) in [5, 5.41) is 6.84. The number of aromatic amines is 1. The smallest absolute Gasteiger partial charge is 0.239 e. The number of hydrogen-bond donors (Lipinski definition) is 2. The Kier molecular flexibility index (Phi) is 3.79. The Bertz CT molecular complexity index is 581. The fourth-order valence-corrected chi connectivity index (χ4v) is 2.99. The SMILES string of the molecule is CC(c1nc(N)n[nH]1)N1CCN(c2ccccc2)[C@H](C)C1. The predicted molar refractivity (Wildman–Crippen MR) is 84.0 cm³/mol. The molecule has 3 rings (SSSR count). The second-order valence-electron chi connectivity index (χ2n) is 5.63. The van der Waals surface area contributed by atoms with Crippen molar-refractivity contribution >= 4 is 11.6 Å². The lowest BCUT2D eigenvalue weighted by Gasteiger charge is -2.43. The molecule has 0 radical (unpaired) electrons. The lowest BCUT2D eigenvalue weighted by Crippen LogP contribution is -2.52. The molecule has 1 saturated heterocycles. The number of H-pyrrole nitrogens is 1. The van der Waals surface area contributed by atoms with Gasteiger partial charge < -0.3 is 10.6 Å². The highest BCUT2D eigenvalue weighted by atomic mass is 15.3. The van der Waals surface area contributed by atoms with Crippen LogP contribution in [0.25, 0.3) is 0 Å². The minimum Gasteiger partial charge on any atom is -0.367 e. The molecule has 21 heavy (non-hydrogen) atoms. The largest absolute Gasteiger partial charge is 0.367 e. The molecule has 0 bridgehead atoms. The summed E-state index contributed by atoms with van der Waals surface area (Å²) in [6, 6.07) is 11.3. The van der Waals surface area contributed by atoms with Gasteiger partial charge in [-0.15, -0.1) is 5.10 Å². The highest BCUT2D eigenvalue weighted by molar-refractivity contribution is 5.47. The van der Waals surface area contributed by atoms with Crippen molar-refractivity contribution in [1.29, 1.82) is 0 Å². The first-order valence-corrected chi connectivity index (χ1v) is 7.38. The molecule has 1 aromatic carbocycles. The Morgan fingerprint density at radius 2 is 2.05 bits per heavy atom. The van der Waals surface area contributed by atoms with Crippen LogP contribution in [0.4, 0.5) is 11.6 Å². The van der Waals surface area contributed by atoms with Gasteiger partial charge in [0, 0.05) is 31.4 Å². The van der Waals surface area contributed by atoms with Gasteiger partial charge >= 0.3 is 0 Å². The molecule has 0 saturated carbocycles. The Labute approximate surface area is 125 Å². The molecule has 0 aliphatic carbocycles. The van der Waals surface area contributed by atoms with E-state index in [-0.39, 0.29) is 6.04 Å². The summed E-state index contributed by atoms with van der Waals surface area (Å²) in [5.74, 6) is 1.15. The first-order valence-electron chi connectivity index (χ1n) is 7.38. The minimum absolute atomic E-state index is 0.204. The maximum atomic E-state index is 5.59. The zero-order valence-corrected chi connectivity index (χ0v) is 12.5. The van der Waals surface area contributed by atoms with Crippen LogP contribution in [0.15, 0.2) is 30.3 Å². The molecular weight excluding hydrogens is 264 g/mol. The first kappa shape index (κ1) is 13.9. The van der Waals surface area contributed by atoms with Gasteiger partial charge in [-0.3, -0.25) is 10.00 Å². The van der Waals surface area contributed by atoms with Crippen LogP contribution in [-0.2, 0) is 0 Å². The predicted octanol–water partition coefficient (Wildman–Crippen LogP) is 1.66. The second-order valence-corrected chi connectivity index (χ2v) is 5.63. The molecule has 3 N–H and O–H groups in total. The molecule has 1 aromatic heterocycles. The summed E-state index contributed by atoms with van der Waals surface area (Å²) < 4.78 is 0. The van der Waals surface area contributed by atoms with Crippen molar-refractivity contribution in [3.8, 4) is 0 Å². The monoisotopic (exact) mass is 286 g/mol. The number of para-hydroxylation sites is 1. The maximum absolute atomic E-state index is 5.59. The quantitative estimate of drug-likeness (QED) is 0.897. The topological polar surface area (TPSA) is 74.1 Å². The summed E-state index contributed by atoms with van der Waals surface area (Å²) >= 11 is 0. The molecule has 0 spiro atoms. The van der Waals surface area contributed by atoms with Crippen molar-refractivity contribution in [2.24, 2.45) is 0 Å². The van der Waals surface area contributed by atoms with Gasteiger partial charge in [-0.1, -0.05) is 18.2 Å². The van der Waals surface area contributed by atoms with E-state index in [2.05, 4.69) is 69.2 Å². The molecule has 2 aromatic rings. The molecule has 0 amide bonds. The molecule has 2 heterocycles. The lowest BCUT2D eigenvalue weighted by atomic mass is 10.1. The number of hydrogen-bond acceptors (Lipinski definition) is 5. The molecule has 6 nitrogen and oxygen atoms in total. The summed E-state index contributed by atoms with van der Waals surface area (Å²) in [6.07, 6.45) is 0. The van der Waals surface area contributed by atoms with E-state index in [0.717, 1.165) is 25.5 Å². The zero-order chi connectivity index (χ0) is 14.8. The third-order valence-electron chi connectivity index (χ3n) is 4.21. The Hall–Kier alpha value is -2.08. The Balaban J connectivity index is 1.68. The van der Waals surface area contributed by atoms with Crippen LogP contribution < -0.4 is 10.6 Å². The van der Waals surface area contributed by atoms with Gasteiger partial charge in [0.05, 0.1) is 6.04 Å². The van der Waals surface area contributed by atoms with E-state index >= 15 is 0 Å². The summed E-state index contributed by atoms with van der Waals surface area (Å²) in [7, 11) is 0. The van der Waals surface area contributed by atoms with Crippen LogP contribution in [0, 0.1) is 0 Å². The van der Waals surface area contributed by atoms with Gasteiger partial charge in [0.25, 0.3) is 0 Å². The van der Waals surface area contributed by atoms with Gasteiger partial charge in [0.15, 0.2) is 0 Å². The van der Waals surface area contributed by atoms with E-state index < -0.39 is 0 Å². The van der Waals surface area contributed by atoms with E-state index in [0.29, 0.717) is 12.0 Å². The number of nitrogens with one attached hydrogen (secondary N) is 1. The molecule has 1 fully saturated rings. The highest BCUT2D eigenvalue weighted by Crippen LogP contribution is 2.25. The molecule has 1 aliphatic rings. The third kappa shape index (κ3) is 2.85. The fraction of sp³-hybridized carbons (Fsp3) is 0.467. The Morgan fingerprint density at radius 1 is 1.29 bits per heavy atom. The van der Waals surface area contributed by atoms with Crippen molar-refractivity contribution in [2.45, 2.75) is 25.9 Å². The highest BCUT2D eigenvalue weighted by Gasteiger charge is 2.28. The first-order chi connectivity index (χ1) is 10.1. The molecule has 112 valence electrons. The zero-order valence-electron chi connectivity index (χ0n) is 12.5. The number of benzene rings is 1. The molecule has 2 atom stereocenters. The second kappa shape index (κ2) is 5.73.